The molecular formula is C20H27N3O3S2. The average Bonchev–Trinajstić information content (AvgIpc) is 3.38. The van der Waals surface area contributed by atoms with Gasteiger partial charge in [0.1, 0.15) is 4.21 Å². The fraction of sp³-hybridized carbons (Fsp3) is 0.450. The van der Waals surface area contributed by atoms with Crippen molar-refractivity contribution in [3.63, 3.8) is 0 Å². The summed E-state index contributed by atoms with van der Waals surface area (Å²) in [5.74, 6) is -0.00966. The fourth-order valence-electron chi connectivity index (χ4n) is 3.43. The Balaban J connectivity index is 1.50. The second-order valence-corrected chi connectivity index (χ2v) is 9.88. The Morgan fingerprint density at radius 3 is 2.50 bits per heavy atom. The summed E-state index contributed by atoms with van der Waals surface area (Å²) in [5.41, 5.74) is 1.34. The van der Waals surface area contributed by atoms with Crippen molar-refractivity contribution in [1.82, 2.24) is 10.2 Å². The highest BCUT2D eigenvalue weighted by atomic mass is 32.2. The molecule has 1 amide bonds. The first-order valence-corrected chi connectivity index (χ1v) is 12.0. The molecule has 0 aliphatic carbocycles. The van der Waals surface area contributed by atoms with Gasteiger partial charge in [-0.25, -0.2) is 8.42 Å². The van der Waals surface area contributed by atoms with E-state index < -0.39 is 10.0 Å². The van der Waals surface area contributed by atoms with Crippen LogP contribution in [0.2, 0.25) is 0 Å². The third kappa shape index (κ3) is 5.56. The van der Waals surface area contributed by atoms with Gasteiger partial charge in [-0.1, -0.05) is 25.1 Å². The Morgan fingerprint density at radius 1 is 1.18 bits per heavy atom. The minimum absolute atomic E-state index is 0.00966. The van der Waals surface area contributed by atoms with Crippen LogP contribution < -0.4 is 10.0 Å². The molecule has 1 aromatic carbocycles. The van der Waals surface area contributed by atoms with Gasteiger partial charge in [-0.15, -0.1) is 11.3 Å². The van der Waals surface area contributed by atoms with Crippen LogP contribution in [0.5, 0.6) is 0 Å². The summed E-state index contributed by atoms with van der Waals surface area (Å²) in [6.45, 7) is 5.08. The van der Waals surface area contributed by atoms with Crippen molar-refractivity contribution in [1.29, 1.82) is 0 Å². The molecule has 152 valence electrons. The van der Waals surface area contributed by atoms with E-state index in [1.54, 1.807) is 41.8 Å². The number of benzene rings is 1. The van der Waals surface area contributed by atoms with Gasteiger partial charge in [-0.2, -0.15) is 0 Å². The Morgan fingerprint density at radius 2 is 1.89 bits per heavy atom. The number of hydrogen-bond donors (Lipinski definition) is 2. The van der Waals surface area contributed by atoms with Crippen LogP contribution in [0.4, 0.5) is 5.69 Å². The van der Waals surface area contributed by atoms with Gasteiger partial charge in [-0.3, -0.25) is 14.4 Å². The summed E-state index contributed by atoms with van der Waals surface area (Å²) in [5, 5.41) is 4.77. The van der Waals surface area contributed by atoms with Crippen LogP contribution in [-0.2, 0) is 21.2 Å². The largest absolute Gasteiger partial charge is 0.354 e. The lowest BCUT2D eigenvalue weighted by Crippen LogP contribution is -2.42. The first-order chi connectivity index (χ1) is 13.5. The summed E-state index contributed by atoms with van der Waals surface area (Å²) in [6.07, 6.45) is 3.80. The fourth-order valence-corrected chi connectivity index (χ4v) is 5.48. The minimum atomic E-state index is -3.55. The molecule has 2 heterocycles. The van der Waals surface area contributed by atoms with Crippen molar-refractivity contribution < 1.29 is 13.2 Å². The lowest BCUT2D eigenvalue weighted by Gasteiger charge is -2.26. The molecule has 0 spiro atoms. The molecule has 6 nitrogen and oxygen atoms in total. The van der Waals surface area contributed by atoms with E-state index in [0.29, 0.717) is 18.3 Å². The number of rotatable bonds is 9. The highest BCUT2D eigenvalue weighted by molar-refractivity contribution is 7.94. The van der Waals surface area contributed by atoms with Gasteiger partial charge in [0.15, 0.2) is 0 Å². The minimum Gasteiger partial charge on any atom is -0.354 e. The number of anilines is 1. The van der Waals surface area contributed by atoms with Gasteiger partial charge in [0.05, 0.1) is 6.42 Å². The Bertz CT molecular complexity index is 859. The van der Waals surface area contributed by atoms with Crippen LogP contribution in [0.3, 0.4) is 0 Å². The van der Waals surface area contributed by atoms with Gasteiger partial charge in [0, 0.05) is 18.3 Å². The first-order valence-electron chi connectivity index (χ1n) is 9.64. The van der Waals surface area contributed by atoms with E-state index in [9.17, 15) is 13.2 Å². The number of carbonyl (C=O) groups is 1. The number of thiophene rings is 1. The number of amides is 1. The Hall–Kier alpha value is -1.90. The van der Waals surface area contributed by atoms with Crippen molar-refractivity contribution in [2.24, 2.45) is 0 Å². The average molecular weight is 422 g/mol. The first kappa shape index (κ1) is 20.8. The van der Waals surface area contributed by atoms with E-state index in [0.717, 1.165) is 25.1 Å². The molecule has 28 heavy (non-hydrogen) atoms. The zero-order valence-electron chi connectivity index (χ0n) is 16.1. The third-order valence-corrected chi connectivity index (χ3v) is 7.77. The summed E-state index contributed by atoms with van der Waals surface area (Å²) in [7, 11) is -3.55. The zero-order valence-corrected chi connectivity index (χ0v) is 17.7. The standard InChI is InChI=1S/C20H27N3O3S2/c1-2-18(23-11-3-4-12-23)15-21-19(24)14-16-7-9-17(10-8-16)22-28(25,26)20-6-5-13-27-20/h5-10,13,18,22H,2-4,11-12,14-15H2,1H3,(H,21,24). The van der Waals surface area contributed by atoms with Gasteiger partial charge in [0.2, 0.25) is 5.91 Å². The van der Waals surface area contributed by atoms with Crippen LogP contribution >= 0.6 is 11.3 Å². The van der Waals surface area contributed by atoms with Gasteiger partial charge < -0.3 is 5.32 Å². The SMILES string of the molecule is CCC(CNC(=O)Cc1ccc(NS(=O)(=O)c2cccs2)cc1)N1CCCC1. The maximum absolute atomic E-state index is 12.3. The lowest BCUT2D eigenvalue weighted by atomic mass is 10.1. The van der Waals surface area contributed by atoms with Crippen LogP contribution in [0, 0.1) is 0 Å². The molecular weight excluding hydrogens is 394 g/mol. The second kappa shape index (κ2) is 9.54. The van der Waals surface area contributed by atoms with Crippen LogP contribution in [0.1, 0.15) is 31.7 Å². The molecule has 0 bridgehead atoms. The highest BCUT2D eigenvalue weighted by Gasteiger charge is 2.20. The number of hydrogen-bond acceptors (Lipinski definition) is 5. The molecule has 1 aromatic heterocycles. The smallest absolute Gasteiger partial charge is 0.271 e. The molecule has 8 heteroatoms. The molecule has 1 aliphatic heterocycles. The number of carbonyl (C=O) groups excluding carboxylic acids is 1. The van der Waals surface area contributed by atoms with E-state index in [4.69, 9.17) is 0 Å². The molecule has 1 atom stereocenters. The number of nitrogens with zero attached hydrogens (tertiary/aromatic N) is 1. The topological polar surface area (TPSA) is 78.5 Å². The van der Waals surface area contributed by atoms with Gasteiger partial charge in [-0.05, 0) is 61.5 Å². The molecule has 2 N–H and O–H groups in total. The molecule has 0 radical (unpaired) electrons. The van der Waals surface area contributed by atoms with Crippen LogP contribution in [-0.4, -0.2) is 44.9 Å². The molecule has 1 aliphatic rings. The third-order valence-electron chi connectivity index (χ3n) is 4.99. The van der Waals surface area contributed by atoms with Crippen molar-refractivity contribution in [2.75, 3.05) is 24.4 Å². The molecule has 0 saturated carbocycles. The molecule has 1 unspecified atom stereocenters. The summed E-state index contributed by atoms with van der Waals surface area (Å²) >= 11 is 1.17. The maximum atomic E-state index is 12.3. The summed E-state index contributed by atoms with van der Waals surface area (Å²) in [4.78, 5) is 14.7. The van der Waals surface area contributed by atoms with Crippen molar-refractivity contribution in [3.8, 4) is 0 Å². The van der Waals surface area contributed by atoms with Gasteiger partial charge in [0.25, 0.3) is 10.0 Å². The van der Waals surface area contributed by atoms with Gasteiger partial charge >= 0.3 is 0 Å². The monoisotopic (exact) mass is 421 g/mol. The normalized spacial score (nSPS) is 16.0. The molecule has 3 rings (SSSR count). The predicted molar refractivity (Wildman–Crippen MR) is 113 cm³/mol. The van der Waals surface area contributed by atoms with Crippen LogP contribution in [0.25, 0.3) is 0 Å². The van der Waals surface area contributed by atoms with E-state index in [2.05, 4.69) is 21.9 Å². The van der Waals surface area contributed by atoms with E-state index >= 15 is 0 Å². The van der Waals surface area contributed by atoms with Crippen molar-refractivity contribution in [2.45, 2.75) is 42.9 Å². The Kier molecular flexibility index (Phi) is 7.09. The quantitative estimate of drug-likeness (QED) is 0.652. The number of likely N-dealkylation sites (tertiary alicyclic amines) is 1. The van der Waals surface area contributed by atoms with Crippen molar-refractivity contribution >= 4 is 33.0 Å². The lowest BCUT2D eigenvalue weighted by molar-refractivity contribution is -0.120. The maximum Gasteiger partial charge on any atom is 0.271 e. The van der Waals surface area contributed by atoms with E-state index in [1.807, 2.05) is 0 Å². The van der Waals surface area contributed by atoms with E-state index in [1.165, 1.54) is 24.2 Å². The molecule has 1 saturated heterocycles. The van der Waals surface area contributed by atoms with Crippen molar-refractivity contribution in [3.05, 3.63) is 47.3 Å². The van der Waals surface area contributed by atoms with Crippen LogP contribution in [0.15, 0.2) is 46.0 Å². The second-order valence-electron chi connectivity index (χ2n) is 7.02. The highest BCUT2D eigenvalue weighted by Crippen LogP contribution is 2.20. The number of nitrogens with one attached hydrogen (secondary N) is 2. The molecule has 2 aromatic rings. The predicted octanol–water partition coefficient (Wildman–Crippen LogP) is 3.08. The van der Waals surface area contributed by atoms with E-state index in [-0.39, 0.29) is 16.5 Å². The summed E-state index contributed by atoms with van der Waals surface area (Å²) in [6, 6.07) is 10.6. The summed E-state index contributed by atoms with van der Waals surface area (Å²) < 4.78 is 27.3. The number of sulfonamides is 1. The zero-order chi connectivity index (χ0) is 20.0. The Labute approximate surface area is 171 Å². The molecule has 1 fully saturated rings.